The van der Waals surface area contributed by atoms with Crippen molar-refractivity contribution in [2.45, 2.75) is 77.8 Å². The molecule has 8 nitrogen and oxygen atoms in total. The highest BCUT2D eigenvalue weighted by Gasteiger charge is 2.53. The highest BCUT2D eigenvalue weighted by molar-refractivity contribution is 6.62. The van der Waals surface area contributed by atoms with Crippen molar-refractivity contribution in [3.05, 3.63) is 55.1 Å². The molecule has 1 N–H and O–H groups in total. The summed E-state index contributed by atoms with van der Waals surface area (Å²) in [6.07, 6.45) is 7.27. The second kappa shape index (κ2) is 8.68. The van der Waals surface area contributed by atoms with Crippen molar-refractivity contribution in [3.63, 3.8) is 0 Å². The van der Waals surface area contributed by atoms with Crippen LogP contribution in [0.4, 0.5) is 0 Å². The number of hydrogen-bond acceptors (Lipinski definition) is 6. The van der Waals surface area contributed by atoms with Crippen molar-refractivity contribution in [2.75, 3.05) is 0 Å². The largest absolute Gasteiger partial charge is 0.498 e. The standard InChI is InChI=1S/C15H19BN2O2.C9H15BN2O2/c1-14(2)15(3,4)20-16(19-14)12-10-17-18(11-12)13-8-6-5-7-9-13;1-8(2)9(3,4)14-10(13-8)7-5-11-12-6-7/h5-11H,1-4H3;5-6H,1-4H3,(H,11,12). The van der Waals surface area contributed by atoms with Crippen molar-refractivity contribution >= 4 is 25.2 Å². The van der Waals surface area contributed by atoms with Gasteiger partial charge in [0.2, 0.25) is 0 Å². The summed E-state index contributed by atoms with van der Waals surface area (Å²) < 4.78 is 25.5. The second-order valence-corrected chi connectivity index (χ2v) is 10.8. The summed E-state index contributed by atoms with van der Waals surface area (Å²) in [5.41, 5.74) is 1.68. The molecule has 3 aromatic rings. The van der Waals surface area contributed by atoms with Gasteiger partial charge in [-0.05, 0) is 67.5 Å². The molecule has 0 spiro atoms. The van der Waals surface area contributed by atoms with Crippen molar-refractivity contribution in [1.82, 2.24) is 20.0 Å². The number of aromatic nitrogens is 4. The maximum absolute atomic E-state index is 6.02. The summed E-state index contributed by atoms with van der Waals surface area (Å²) in [6.45, 7) is 16.3. The first-order chi connectivity index (χ1) is 15.8. The molecule has 1 aromatic carbocycles. The van der Waals surface area contributed by atoms with Crippen LogP contribution in [-0.2, 0) is 18.6 Å². The fourth-order valence-corrected chi connectivity index (χ4v) is 3.53. The van der Waals surface area contributed by atoms with Gasteiger partial charge in [0.05, 0.1) is 28.1 Å². The predicted octanol–water partition coefficient (Wildman–Crippen LogP) is 2.88. The van der Waals surface area contributed by atoms with Crippen LogP contribution < -0.4 is 10.9 Å². The Morgan fingerprint density at radius 1 is 0.706 bits per heavy atom. The molecule has 0 saturated carbocycles. The van der Waals surface area contributed by atoms with Crippen LogP contribution in [0.5, 0.6) is 0 Å². The number of nitrogens with one attached hydrogen (secondary N) is 1. The van der Waals surface area contributed by atoms with Crippen molar-refractivity contribution in [1.29, 1.82) is 0 Å². The van der Waals surface area contributed by atoms with E-state index in [4.69, 9.17) is 18.6 Å². The molecule has 2 aromatic heterocycles. The molecule has 0 atom stereocenters. The minimum atomic E-state index is -0.363. The summed E-state index contributed by atoms with van der Waals surface area (Å²) in [4.78, 5) is 0. The Bertz CT molecular complexity index is 1070. The summed E-state index contributed by atoms with van der Waals surface area (Å²) in [5.74, 6) is 0. The highest BCUT2D eigenvalue weighted by Crippen LogP contribution is 2.37. The van der Waals surface area contributed by atoms with Gasteiger partial charge in [0.25, 0.3) is 0 Å². The Hall–Kier alpha value is -2.39. The van der Waals surface area contributed by atoms with Crippen LogP contribution in [-0.4, -0.2) is 56.6 Å². The van der Waals surface area contributed by atoms with Crippen LogP contribution in [0.1, 0.15) is 55.4 Å². The first-order valence-electron chi connectivity index (χ1n) is 11.6. The van der Waals surface area contributed by atoms with Gasteiger partial charge in [-0.3, -0.25) is 5.10 Å². The lowest BCUT2D eigenvalue weighted by molar-refractivity contribution is 0.00578. The van der Waals surface area contributed by atoms with Crippen LogP contribution >= 0.6 is 0 Å². The number of H-pyrrole nitrogens is 1. The molecule has 10 heteroatoms. The van der Waals surface area contributed by atoms with Crippen LogP contribution in [0.2, 0.25) is 0 Å². The first-order valence-corrected chi connectivity index (χ1v) is 11.6. The topological polar surface area (TPSA) is 83.4 Å². The summed E-state index contributed by atoms with van der Waals surface area (Å²) in [6, 6.07) is 10.0. The van der Waals surface area contributed by atoms with E-state index in [2.05, 4.69) is 43.0 Å². The Labute approximate surface area is 202 Å². The molecule has 34 heavy (non-hydrogen) atoms. The number of aromatic amines is 1. The maximum Gasteiger partial charge on any atom is 0.498 e. The molecule has 2 aliphatic heterocycles. The lowest BCUT2D eigenvalue weighted by Crippen LogP contribution is -2.41. The fraction of sp³-hybridized carbons (Fsp3) is 0.500. The number of rotatable bonds is 3. The molecule has 2 fully saturated rings. The van der Waals surface area contributed by atoms with E-state index in [-0.39, 0.29) is 36.6 Å². The lowest BCUT2D eigenvalue weighted by atomic mass is 9.82. The Morgan fingerprint density at radius 3 is 1.68 bits per heavy atom. The van der Waals surface area contributed by atoms with E-state index < -0.39 is 0 Å². The van der Waals surface area contributed by atoms with E-state index in [1.54, 1.807) is 18.6 Å². The average molecular weight is 464 g/mol. The van der Waals surface area contributed by atoms with Crippen molar-refractivity contribution in [2.24, 2.45) is 0 Å². The monoisotopic (exact) mass is 464 g/mol. The Balaban J connectivity index is 0.000000172. The fourth-order valence-electron chi connectivity index (χ4n) is 3.53. The highest BCUT2D eigenvalue weighted by atomic mass is 16.7. The van der Waals surface area contributed by atoms with Gasteiger partial charge in [0.1, 0.15) is 0 Å². The third-order valence-corrected chi connectivity index (χ3v) is 7.19. The number of benzene rings is 1. The maximum atomic E-state index is 6.02. The molecule has 2 saturated heterocycles. The average Bonchev–Trinajstić information content (AvgIpc) is 3.51. The molecule has 0 unspecified atom stereocenters. The van der Waals surface area contributed by atoms with Gasteiger partial charge in [-0.2, -0.15) is 10.2 Å². The smallest absolute Gasteiger partial charge is 0.399 e. The third kappa shape index (κ3) is 4.73. The Morgan fingerprint density at radius 2 is 1.21 bits per heavy atom. The van der Waals surface area contributed by atoms with Crippen molar-refractivity contribution < 1.29 is 18.6 Å². The van der Waals surface area contributed by atoms with Gasteiger partial charge in [-0.1, -0.05) is 18.2 Å². The zero-order valence-corrected chi connectivity index (χ0v) is 21.3. The van der Waals surface area contributed by atoms with E-state index >= 15 is 0 Å². The minimum Gasteiger partial charge on any atom is -0.399 e. The number of para-hydroxylation sites is 1. The van der Waals surface area contributed by atoms with Gasteiger partial charge in [0.15, 0.2) is 0 Å². The van der Waals surface area contributed by atoms with E-state index in [0.29, 0.717) is 0 Å². The lowest BCUT2D eigenvalue weighted by Gasteiger charge is -2.32. The molecule has 0 aliphatic carbocycles. The molecule has 0 bridgehead atoms. The van der Waals surface area contributed by atoms with Gasteiger partial charge < -0.3 is 18.6 Å². The number of nitrogens with zero attached hydrogens (tertiary/aromatic N) is 3. The molecular weight excluding hydrogens is 430 g/mol. The van der Waals surface area contributed by atoms with Crippen LogP contribution in [0, 0.1) is 0 Å². The van der Waals surface area contributed by atoms with Gasteiger partial charge in [-0.15, -0.1) is 0 Å². The van der Waals surface area contributed by atoms with Crippen LogP contribution in [0.15, 0.2) is 55.1 Å². The zero-order chi connectivity index (χ0) is 24.8. The van der Waals surface area contributed by atoms with E-state index in [9.17, 15) is 0 Å². The normalized spacial score (nSPS) is 21.9. The quantitative estimate of drug-likeness (QED) is 0.601. The minimum absolute atomic E-state index is 0.283. The van der Waals surface area contributed by atoms with Gasteiger partial charge in [0, 0.05) is 35.7 Å². The van der Waals surface area contributed by atoms with Crippen LogP contribution in [0.3, 0.4) is 0 Å². The SMILES string of the molecule is CC1(C)OB(c2cn[nH]c2)OC1(C)C.CC1(C)OB(c2cnn(-c3ccccc3)c2)OC1(C)C. The molecule has 0 radical (unpaired) electrons. The molecule has 2 aliphatic rings. The molecule has 5 rings (SSSR count). The molecule has 180 valence electrons. The van der Waals surface area contributed by atoms with E-state index in [1.165, 1.54) is 0 Å². The molecule has 0 amide bonds. The summed E-state index contributed by atoms with van der Waals surface area (Å²) in [7, 11) is -0.670. The van der Waals surface area contributed by atoms with E-state index in [1.807, 2.05) is 68.9 Å². The first kappa shape index (κ1) is 24.7. The number of hydrogen-bond donors (Lipinski definition) is 1. The summed E-state index contributed by atoms with van der Waals surface area (Å²) in [5, 5.41) is 11.0. The molecular formula is C24H34B2N4O4. The van der Waals surface area contributed by atoms with Gasteiger partial charge >= 0.3 is 14.2 Å². The molecule has 4 heterocycles. The van der Waals surface area contributed by atoms with Gasteiger partial charge in [-0.25, -0.2) is 4.68 Å². The van der Waals surface area contributed by atoms with Crippen LogP contribution in [0.25, 0.3) is 5.69 Å². The summed E-state index contributed by atoms with van der Waals surface area (Å²) >= 11 is 0. The van der Waals surface area contributed by atoms with E-state index in [0.717, 1.165) is 16.6 Å². The third-order valence-electron chi connectivity index (χ3n) is 7.19. The zero-order valence-electron chi connectivity index (χ0n) is 21.3. The Kier molecular flexibility index (Phi) is 6.31. The van der Waals surface area contributed by atoms with Crippen molar-refractivity contribution in [3.8, 4) is 5.69 Å². The predicted molar refractivity (Wildman–Crippen MR) is 134 cm³/mol. The second-order valence-electron chi connectivity index (χ2n) is 10.8.